The third-order valence-electron chi connectivity index (χ3n) is 0. The number of nitrogens with two attached hydrogens (primary N) is 2. The predicted molar refractivity (Wildman–Crippen MR) is 22.9 cm³/mol. The predicted octanol–water partition coefficient (Wildman–Crippen LogP) is -3.51. The highest BCUT2D eigenvalue weighted by molar-refractivity contribution is 5.70. The standard InChI is InChI=1S/C2H6N2.CH2O2/c1-2(3)4;2-1-3/h1H3,(H3,3,4);1H,(H,2,3). The van der Waals surface area contributed by atoms with Crippen molar-refractivity contribution < 1.29 is 15.3 Å². The van der Waals surface area contributed by atoms with Gasteiger partial charge in [0.25, 0.3) is 0 Å². The van der Waals surface area contributed by atoms with Gasteiger partial charge in [-0.1, -0.05) is 0 Å². The molecule has 0 aromatic carbocycles. The summed E-state index contributed by atoms with van der Waals surface area (Å²) in [5.41, 5.74) is 4.81. The number of carbonyl (C=O) groups is 1. The molecule has 0 amide bonds. The van der Waals surface area contributed by atoms with Crippen molar-refractivity contribution >= 4 is 12.3 Å². The normalized spacial score (nSPS) is 5.29. The van der Waals surface area contributed by atoms with Crippen LogP contribution in [-0.4, -0.2) is 12.3 Å². The largest absolute Gasteiger partial charge is 0.554 e. The summed E-state index contributed by atoms with van der Waals surface area (Å²) in [6.45, 7) is 1.14. The Kier molecular flexibility index (Phi) is 11.8. The molecule has 0 radical (unpaired) electrons. The van der Waals surface area contributed by atoms with Crippen molar-refractivity contribution in [1.82, 2.24) is 0 Å². The van der Waals surface area contributed by atoms with Crippen molar-refractivity contribution in [2.75, 3.05) is 0 Å². The van der Waals surface area contributed by atoms with E-state index in [1.165, 1.54) is 0 Å². The van der Waals surface area contributed by atoms with E-state index in [9.17, 15) is 0 Å². The maximum atomic E-state index is 8.25. The van der Waals surface area contributed by atoms with Crippen molar-refractivity contribution in [2.24, 2.45) is 5.73 Å². The second-order valence-corrected chi connectivity index (χ2v) is 0.840. The van der Waals surface area contributed by atoms with Crippen molar-refractivity contribution in [3.8, 4) is 0 Å². The van der Waals surface area contributed by atoms with Crippen LogP contribution in [0.1, 0.15) is 6.92 Å². The molecule has 0 aromatic rings. The average Bonchev–Trinajstić information content (AvgIpc) is 1.33. The van der Waals surface area contributed by atoms with Crippen LogP contribution in [0.2, 0.25) is 0 Å². The quantitative estimate of drug-likeness (QED) is 0.190. The van der Waals surface area contributed by atoms with E-state index in [4.69, 9.17) is 21.0 Å². The molecule has 4 nitrogen and oxygen atoms in total. The molecular formula is C3H8N2O2. The van der Waals surface area contributed by atoms with E-state index in [1.807, 2.05) is 0 Å². The molecule has 0 aliphatic rings. The summed E-state index contributed by atoms with van der Waals surface area (Å²) >= 11 is 0. The van der Waals surface area contributed by atoms with Crippen molar-refractivity contribution in [1.29, 1.82) is 0 Å². The molecule has 0 bridgehead atoms. The van der Waals surface area contributed by atoms with Crippen LogP contribution in [0.25, 0.3) is 0 Å². The van der Waals surface area contributed by atoms with Crippen LogP contribution < -0.4 is 16.2 Å². The zero-order chi connectivity index (χ0) is 6.28. The third-order valence-corrected chi connectivity index (χ3v) is 0. The van der Waals surface area contributed by atoms with E-state index in [-0.39, 0.29) is 0 Å². The number of carbonyl (C=O) groups excluding carboxylic acids is 1. The van der Waals surface area contributed by atoms with Gasteiger partial charge in [0.15, 0.2) is 0 Å². The van der Waals surface area contributed by atoms with Crippen LogP contribution in [0.3, 0.4) is 0 Å². The lowest BCUT2D eigenvalue weighted by Gasteiger charge is -1.57. The van der Waals surface area contributed by atoms with Gasteiger partial charge in [-0.2, -0.15) is 0 Å². The summed E-state index contributed by atoms with van der Waals surface area (Å²) in [4.78, 5) is 8.25. The third kappa shape index (κ3) is 38.0. The Morgan fingerprint density at radius 3 is 2.00 bits per heavy atom. The lowest BCUT2D eigenvalue weighted by Crippen LogP contribution is -2.43. The summed E-state index contributed by atoms with van der Waals surface area (Å²) in [5, 5.41) is 13.1. The molecule has 0 heterocycles. The maximum Gasteiger partial charge on any atom is 0.235 e. The summed E-state index contributed by atoms with van der Waals surface area (Å²) < 4.78 is 0. The van der Waals surface area contributed by atoms with E-state index in [0.29, 0.717) is 5.84 Å². The fourth-order valence-corrected chi connectivity index (χ4v) is 0. The molecule has 0 atom stereocenters. The molecule has 0 fully saturated rings. The molecule has 0 aliphatic heterocycles. The lowest BCUT2D eigenvalue weighted by atomic mass is 10.8. The molecule has 7 heavy (non-hydrogen) atoms. The fourth-order valence-electron chi connectivity index (χ4n) is 0. The highest BCUT2D eigenvalue weighted by Crippen LogP contribution is 1.24. The molecule has 0 saturated heterocycles. The Morgan fingerprint density at radius 1 is 2.00 bits per heavy atom. The first-order valence-electron chi connectivity index (χ1n) is 1.55. The molecule has 4 N–H and O–H groups in total. The van der Waals surface area contributed by atoms with Crippen LogP contribution in [0.5, 0.6) is 0 Å². The minimum absolute atomic E-state index is 0.417. The van der Waals surface area contributed by atoms with E-state index in [1.54, 1.807) is 6.92 Å². The second-order valence-electron chi connectivity index (χ2n) is 0.840. The van der Waals surface area contributed by atoms with Gasteiger partial charge in [-0.3, -0.25) is 11.1 Å². The van der Waals surface area contributed by atoms with Crippen LogP contribution in [0.4, 0.5) is 0 Å². The van der Waals surface area contributed by atoms with Gasteiger partial charge < -0.3 is 9.90 Å². The van der Waals surface area contributed by atoms with Gasteiger partial charge in [0.2, 0.25) is 5.84 Å². The Hall–Kier alpha value is -1.06. The summed E-state index contributed by atoms with van der Waals surface area (Å²) in [6.07, 6.45) is 0. The number of hydrogen-bond acceptors (Lipinski definition) is 2. The second kappa shape index (κ2) is 8.87. The van der Waals surface area contributed by atoms with Crippen molar-refractivity contribution in [2.45, 2.75) is 6.92 Å². The monoisotopic (exact) mass is 104 g/mol. The number of rotatable bonds is 0. The van der Waals surface area contributed by atoms with Gasteiger partial charge in [-0.15, -0.1) is 0 Å². The van der Waals surface area contributed by atoms with Crippen molar-refractivity contribution in [3.05, 3.63) is 0 Å². The van der Waals surface area contributed by atoms with E-state index in [2.05, 4.69) is 0 Å². The van der Waals surface area contributed by atoms with Gasteiger partial charge in [0.05, 0.1) is 0 Å². The average molecular weight is 104 g/mol. The molecule has 42 valence electrons. The van der Waals surface area contributed by atoms with Crippen LogP contribution in [0, 0.1) is 0 Å². The molecule has 0 aromatic heterocycles. The molecular weight excluding hydrogens is 96.0 g/mol. The lowest BCUT2D eigenvalue weighted by molar-refractivity contribution is -0.283. The maximum absolute atomic E-state index is 8.25. The van der Waals surface area contributed by atoms with Crippen LogP contribution in [-0.2, 0) is 4.79 Å². The number of amidine groups is 1. The topological polar surface area (TPSA) is 91.7 Å². The Bertz CT molecular complexity index is 58.0. The Labute approximate surface area is 41.5 Å². The first-order valence-corrected chi connectivity index (χ1v) is 1.55. The molecule has 0 saturated carbocycles. The first-order chi connectivity index (χ1) is 3.15. The summed E-state index contributed by atoms with van der Waals surface area (Å²) in [7, 11) is 0. The number of carboxylic acid groups (broad SMARTS) is 1. The highest BCUT2D eigenvalue weighted by Gasteiger charge is 1.64. The van der Waals surface area contributed by atoms with E-state index >= 15 is 0 Å². The highest BCUT2D eigenvalue weighted by atomic mass is 16.3. The Balaban J connectivity index is 0. The summed E-state index contributed by atoms with van der Waals surface area (Å²) in [6, 6.07) is 0. The van der Waals surface area contributed by atoms with Crippen molar-refractivity contribution in [3.63, 3.8) is 0 Å². The Morgan fingerprint density at radius 2 is 2.00 bits per heavy atom. The smallest absolute Gasteiger partial charge is 0.235 e. The molecule has 0 rings (SSSR count). The zero-order valence-electron chi connectivity index (χ0n) is 4.05. The molecule has 4 heteroatoms. The summed E-state index contributed by atoms with van der Waals surface area (Å²) in [5.74, 6) is 0.417. The van der Waals surface area contributed by atoms with Crippen LogP contribution in [0.15, 0.2) is 0 Å². The molecule has 0 unspecified atom stereocenters. The molecule has 0 aliphatic carbocycles. The molecule has 0 spiro atoms. The van der Waals surface area contributed by atoms with Gasteiger partial charge in [-0.05, 0) is 0 Å². The first kappa shape index (κ1) is 9.34. The van der Waals surface area contributed by atoms with Gasteiger partial charge in [-0.25, -0.2) is 0 Å². The van der Waals surface area contributed by atoms with Gasteiger partial charge in [0.1, 0.15) is 0 Å². The van der Waals surface area contributed by atoms with E-state index < -0.39 is 6.47 Å². The van der Waals surface area contributed by atoms with Gasteiger partial charge >= 0.3 is 0 Å². The van der Waals surface area contributed by atoms with Gasteiger partial charge in [0, 0.05) is 13.4 Å². The SMILES string of the molecule is CC(N)=[NH2+].O=C[O-]. The zero-order valence-corrected chi connectivity index (χ0v) is 4.05. The minimum atomic E-state index is -0.500. The van der Waals surface area contributed by atoms with Crippen LogP contribution >= 0.6 is 0 Å². The van der Waals surface area contributed by atoms with E-state index in [0.717, 1.165) is 0 Å². The minimum Gasteiger partial charge on any atom is -0.554 e. The fraction of sp³-hybridized carbons (Fsp3) is 0.333. The number of hydrogen-bond donors (Lipinski definition) is 2.